The maximum Gasteiger partial charge on any atom is 0.340 e. The molecule has 27 heavy (non-hydrogen) atoms. The van der Waals surface area contributed by atoms with Crippen molar-refractivity contribution < 1.29 is 14.3 Å². The van der Waals surface area contributed by atoms with Crippen molar-refractivity contribution in [1.82, 2.24) is 4.90 Å². The molecule has 0 unspecified atom stereocenters. The van der Waals surface area contributed by atoms with E-state index in [0.29, 0.717) is 29.3 Å². The van der Waals surface area contributed by atoms with Crippen LogP contribution < -0.4 is 0 Å². The number of hydrogen-bond acceptors (Lipinski definition) is 3. The Morgan fingerprint density at radius 3 is 2.26 bits per heavy atom. The highest BCUT2D eigenvalue weighted by Crippen LogP contribution is 2.32. The number of benzene rings is 1. The van der Waals surface area contributed by atoms with E-state index in [4.69, 9.17) is 4.74 Å². The van der Waals surface area contributed by atoms with Gasteiger partial charge in [0.15, 0.2) is 0 Å². The molecule has 0 atom stereocenters. The van der Waals surface area contributed by atoms with Crippen LogP contribution in [0.2, 0.25) is 0 Å². The third-order valence-electron chi connectivity index (χ3n) is 4.63. The summed E-state index contributed by atoms with van der Waals surface area (Å²) in [6.07, 6.45) is 1.80. The number of amides is 1. The fourth-order valence-corrected chi connectivity index (χ4v) is 3.16. The van der Waals surface area contributed by atoms with Crippen LogP contribution in [0.3, 0.4) is 0 Å². The van der Waals surface area contributed by atoms with Crippen molar-refractivity contribution in [2.75, 3.05) is 13.2 Å². The molecule has 1 amide bonds. The Morgan fingerprint density at radius 1 is 1.19 bits per heavy atom. The van der Waals surface area contributed by atoms with E-state index in [0.717, 1.165) is 5.56 Å². The standard InChI is InChI=1S/C23H31NO3/c1-8-27-22(26)20-16(4)24(14-15(2)3)21(25)19(20)13-17-9-11-18(12-10-17)23(5,6)7/h9-13,15H,8,14H2,1-7H3/b19-13-. The second-order valence-electron chi connectivity index (χ2n) is 8.42. The van der Waals surface area contributed by atoms with E-state index in [1.54, 1.807) is 17.9 Å². The van der Waals surface area contributed by atoms with E-state index in [1.165, 1.54) is 5.56 Å². The molecule has 146 valence electrons. The number of hydrogen-bond donors (Lipinski definition) is 0. The topological polar surface area (TPSA) is 46.6 Å². The number of rotatable bonds is 5. The molecule has 0 bridgehead atoms. The Morgan fingerprint density at radius 2 is 1.78 bits per heavy atom. The van der Waals surface area contributed by atoms with Crippen molar-refractivity contribution in [3.63, 3.8) is 0 Å². The molecule has 0 saturated carbocycles. The van der Waals surface area contributed by atoms with Crippen LogP contribution in [0.25, 0.3) is 6.08 Å². The lowest BCUT2D eigenvalue weighted by atomic mass is 9.86. The summed E-state index contributed by atoms with van der Waals surface area (Å²) in [5.74, 6) is -0.269. The van der Waals surface area contributed by atoms with Crippen molar-refractivity contribution in [2.45, 2.75) is 53.9 Å². The quantitative estimate of drug-likeness (QED) is 0.558. The van der Waals surface area contributed by atoms with Gasteiger partial charge in [-0.05, 0) is 42.4 Å². The summed E-state index contributed by atoms with van der Waals surface area (Å²) in [4.78, 5) is 27.2. The molecule has 1 aliphatic rings. The van der Waals surface area contributed by atoms with Crippen LogP contribution in [0.4, 0.5) is 0 Å². The van der Waals surface area contributed by atoms with Crippen molar-refractivity contribution in [2.24, 2.45) is 5.92 Å². The Hall–Kier alpha value is -2.36. The Labute approximate surface area is 162 Å². The van der Waals surface area contributed by atoms with Crippen molar-refractivity contribution >= 4 is 18.0 Å². The molecule has 2 rings (SSSR count). The van der Waals surface area contributed by atoms with E-state index < -0.39 is 5.97 Å². The number of carbonyl (C=O) groups excluding carboxylic acids is 2. The van der Waals surface area contributed by atoms with Crippen LogP contribution in [0.15, 0.2) is 41.1 Å². The highest BCUT2D eigenvalue weighted by atomic mass is 16.5. The van der Waals surface area contributed by atoms with Gasteiger partial charge in [-0.15, -0.1) is 0 Å². The molecule has 1 aliphatic heterocycles. The molecule has 1 aromatic rings. The van der Waals surface area contributed by atoms with E-state index in [9.17, 15) is 9.59 Å². The molecular weight excluding hydrogens is 338 g/mol. The lowest BCUT2D eigenvalue weighted by Gasteiger charge is -2.20. The Kier molecular flexibility index (Phi) is 6.30. The molecule has 0 aliphatic carbocycles. The van der Waals surface area contributed by atoms with Gasteiger partial charge in [0.1, 0.15) is 0 Å². The summed E-state index contributed by atoms with van der Waals surface area (Å²) >= 11 is 0. The number of carbonyl (C=O) groups is 2. The van der Waals surface area contributed by atoms with Crippen LogP contribution >= 0.6 is 0 Å². The largest absolute Gasteiger partial charge is 0.462 e. The molecular formula is C23H31NO3. The van der Waals surface area contributed by atoms with E-state index in [-0.39, 0.29) is 17.9 Å². The van der Waals surface area contributed by atoms with Crippen molar-refractivity contribution in [3.05, 3.63) is 52.2 Å². The predicted octanol–water partition coefficient (Wildman–Crippen LogP) is 4.70. The minimum atomic E-state index is -0.438. The first-order valence-corrected chi connectivity index (χ1v) is 9.58. The maximum atomic E-state index is 13.0. The number of ether oxygens (including phenoxy) is 1. The van der Waals surface area contributed by atoms with Crippen molar-refractivity contribution in [1.29, 1.82) is 0 Å². The molecule has 0 spiro atoms. The van der Waals surface area contributed by atoms with E-state index in [2.05, 4.69) is 46.8 Å². The van der Waals surface area contributed by atoms with Crippen LogP contribution in [0.1, 0.15) is 59.6 Å². The molecule has 0 fully saturated rings. The summed E-state index contributed by atoms with van der Waals surface area (Å²) in [5.41, 5.74) is 3.64. The van der Waals surface area contributed by atoms with Gasteiger partial charge in [0, 0.05) is 12.2 Å². The molecule has 0 aromatic heterocycles. The van der Waals surface area contributed by atoms with Crippen LogP contribution in [0, 0.1) is 5.92 Å². The maximum absolute atomic E-state index is 13.0. The monoisotopic (exact) mass is 369 g/mol. The zero-order valence-corrected chi connectivity index (χ0v) is 17.6. The number of allylic oxidation sites excluding steroid dienone is 1. The fourth-order valence-electron chi connectivity index (χ4n) is 3.16. The first-order chi connectivity index (χ1) is 12.6. The first kappa shape index (κ1) is 20.9. The van der Waals surface area contributed by atoms with Crippen LogP contribution in [-0.2, 0) is 19.7 Å². The first-order valence-electron chi connectivity index (χ1n) is 9.58. The Bertz CT molecular complexity index is 777. The summed E-state index contributed by atoms with van der Waals surface area (Å²) in [5, 5.41) is 0. The average Bonchev–Trinajstić information content (AvgIpc) is 2.79. The summed E-state index contributed by atoms with van der Waals surface area (Å²) in [6, 6.07) is 8.12. The van der Waals surface area contributed by atoms with Gasteiger partial charge in [-0.1, -0.05) is 58.9 Å². The lowest BCUT2D eigenvalue weighted by Crippen LogP contribution is -2.28. The third-order valence-corrected chi connectivity index (χ3v) is 4.63. The highest BCUT2D eigenvalue weighted by Gasteiger charge is 2.37. The second kappa shape index (κ2) is 8.12. The zero-order chi connectivity index (χ0) is 20.4. The second-order valence-corrected chi connectivity index (χ2v) is 8.42. The summed E-state index contributed by atoms with van der Waals surface area (Å²) in [7, 11) is 0. The zero-order valence-electron chi connectivity index (χ0n) is 17.6. The molecule has 0 saturated heterocycles. The minimum absolute atomic E-state index is 0.0650. The van der Waals surface area contributed by atoms with Gasteiger partial charge >= 0.3 is 5.97 Å². The predicted molar refractivity (Wildman–Crippen MR) is 109 cm³/mol. The van der Waals surface area contributed by atoms with E-state index in [1.807, 2.05) is 19.1 Å². The van der Waals surface area contributed by atoms with Gasteiger partial charge in [0.2, 0.25) is 0 Å². The molecule has 1 aromatic carbocycles. The van der Waals surface area contributed by atoms with Crippen LogP contribution in [0.5, 0.6) is 0 Å². The van der Waals surface area contributed by atoms with Gasteiger partial charge in [-0.3, -0.25) is 4.79 Å². The van der Waals surface area contributed by atoms with Crippen LogP contribution in [-0.4, -0.2) is 29.9 Å². The highest BCUT2D eigenvalue weighted by molar-refractivity contribution is 6.16. The van der Waals surface area contributed by atoms with Gasteiger partial charge in [0.25, 0.3) is 5.91 Å². The Balaban J connectivity index is 2.46. The normalized spacial score (nSPS) is 16.7. The minimum Gasteiger partial charge on any atom is -0.462 e. The number of esters is 1. The van der Waals surface area contributed by atoms with Gasteiger partial charge in [0.05, 0.1) is 17.8 Å². The SMILES string of the molecule is CCOC(=O)C1=C(C)N(CC(C)C)C(=O)/C1=C\c1ccc(C(C)(C)C)cc1. The van der Waals surface area contributed by atoms with E-state index >= 15 is 0 Å². The van der Waals surface area contributed by atoms with Gasteiger partial charge < -0.3 is 9.64 Å². The van der Waals surface area contributed by atoms with Gasteiger partial charge in [-0.25, -0.2) is 4.79 Å². The summed E-state index contributed by atoms with van der Waals surface area (Å²) < 4.78 is 5.21. The third kappa shape index (κ3) is 4.68. The molecule has 4 nitrogen and oxygen atoms in total. The van der Waals surface area contributed by atoms with Gasteiger partial charge in [-0.2, -0.15) is 0 Å². The number of nitrogens with zero attached hydrogens (tertiary/aromatic N) is 1. The van der Waals surface area contributed by atoms with Crippen molar-refractivity contribution in [3.8, 4) is 0 Å². The fraction of sp³-hybridized carbons (Fsp3) is 0.478. The molecule has 1 heterocycles. The smallest absolute Gasteiger partial charge is 0.340 e. The summed E-state index contributed by atoms with van der Waals surface area (Å²) in [6.45, 7) is 15.0. The molecule has 0 N–H and O–H groups in total. The molecule has 0 radical (unpaired) electrons. The lowest BCUT2D eigenvalue weighted by molar-refractivity contribution is -0.138. The molecule has 4 heteroatoms. The average molecular weight is 370 g/mol.